The lowest BCUT2D eigenvalue weighted by Gasteiger charge is -2.36. The lowest BCUT2D eigenvalue weighted by Crippen LogP contribution is -2.51. The number of allylic oxidation sites excluding steroid dienone is 3. The van der Waals surface area contributed by atoms with Crippen LogP contribution in [0.3, 0.4) is 0 Å². The summed E-state index contributed by atoms with van der Waals surface area (Å²) >= 11 is 0. The fraction of sp³-hybridized carbons (Fsp3) is 0.333. The van der Waals surface area contributed by atoms with Gasteiger partial charge < -0.3 is 0 Å². The van der Waals surface area contributed by atoms with Crippen molar-refractivity contribution in [1.29, 1.82) is 0 Å². The Labute approximate surface area is 196 Å². The fourth-order valence-electron chi connectivity index (χ4n) is 3.46. The van der Waals surface area contributed by atoms with Crippen LogP contribution in [0, 0.1) is 11.8 Å². The van der Waals surface area contributed by atoms with Gasteiger partial charge in [-0.15, -0.1) is 6.58 Å². The number of carbonyl (C=O) groups is 2. The van der Waals surface area contributed by atoms with Crippen LogP contribution in [0.2, 0.25) is 0 Å². The summed E-state index contributed by atoms with van der Waals surface area (Å²) < 4.78 is 0. The predicted molar refractivity (Wildman–Crippen MR) is 127 cm³/mol. The lowest BCUT2D eigenvalue weighted by atomic mass is 9.97. The monoisotopic (exact) mass is 448 g/mol. The SMILES string of the molecule is C/C=C/C[C@@H]1CN(OCc2ccccc2)C1=O.C=CC[C@@H]1CN(OCc2ccccc2)C1=O. The van der Waals surface area contributed by atoms with E-state index in [0.717, 1.165) is 24.0 Å². The molecule has 0 unspecified atom stereocenters. The third kappa shape index (κ3) is 7.14. The topological polar surface area (TPSA) is 59.1 Å². The van der Waals surface area contributed by atoms with E-state index < -0.39 is 0 Å². The van der Waals surface area contributed by atoms with Crippen molar-refractivity contribution in [2.45, 2.75) is 33.0 Å². The summed E-state index contributed by atoms with van der Waals surface area (Å²) in [5.74, 6) is 0.352. The van der Waals surface area contributed by atoms with Gasteiger partial charge in [-0.1, -0.05) is 78.9 Å². The summed E-state index contributed by atoms with van der Waals surface area (Å²) in [5.41, 5.74) is 2.15. The molecule has 4 rings (SSSR count). The highest BCUT2D eigenvalue weighted by Crippen LogP contribution is 2.23. The molecule has 2 aliphatic heterocycles. The number of hydroxylamine groups is 4. The van der Waals surface area contributed by atoms with Crippen molar-refractivity contribution in [3.63, 3.8) is 0 Å². The largest absolute Gasteiger partial charge is 0.272 e. The molecule has 0 saturated carbocycles. The lowest BCUT2D eigenvalue weighted by molar-refractivity contribution is -0.225. The fourth-order valence-corrected chi connectivity index (χ4v) is 3.46. The van der Waals surface area contributed by atoms with Crippen molar-refractivity contribution in [3.05, 3.63) is 96.6 Å². The van der Waals surface area contributed by atoms with Crippen molar-refractivity contribution < 1.29 is 19.3 Å². The zero-order valence-corrected chi connectivity index (χ0v) is 19.1. The summed E-state index contributed by atoms with van der Waals surface area (Å²) in [6.45, 7) is 7.88. The smallest absolute Gasteiger partial charge is 0.251 e. The van der Waals surface area contributed by atoms with E-state index in [1.165, 1.54) is 10.1 Å². The second-order valence-corrected chi connectivity index (χ2v) is 8.04. The highest BCUT2D eigenvalue weighted by Gasteiger charge is 2.37. The number of hydrogen-bond donors (Lipinski definition) is 0. The molecule has 2 fully saturated rings. The zero-order valence-electron chi connectivity index (χ0n) is 19.1. The van der Waals surface area contributed by atoms with Crippen LogP contribution in [0.15, 0.2) is 85.5 Å². The molecule has 6 nitrogen and oxygen atoms in total. The maximum atomic E-state index is 11.7. The Morgan fingerprint density at radius 1 is 0.818 bits per heavy atom. The Bertz CT molecular complexity index is 930. The molecular weight excluding hydrogens is 416 g/mol. The molecule has 0 N–H and O–H groups in total. The van der Waals surface area contributed by atoms with Gasteiger partial charge in [0.05, 0.1) is 24.9 Å². The average molecular weight is 449 g/mol. The van der Waals surface area contributed by atoms with E-state index in [1.807, 2.05) is 79.7 Å². The van der Waals surface area contributed by atoms with Crippen LogP contribution in [0.25, 0.3) is 0 Å². The van der Waals surface area contributed by atoms with E-state index in [4.69, 9.17) is 9.68 Å². The van der Waals surface area contributed by atoms with Gasteiger partial charge in [-0.05, 0) is 30.9 Å². The number of nitrogens with zero attached hydrogens (tertiary/aromatic N) is 2. The van der Waals surface area contributed by atoms with Gasteiger partial charge in [0.15, 0.2) is 0 Å². The first-order chi connectivity index (χ1) is 16.1. The predicted octanol–water partition coefficient (Wildman–Crippen LogP) is 4.70. The standard InChI is InChI=1S/C14H17NO2.C13H15NO2/c1-2-3-9-13-10-15(14(13)16)17-11-12-7-5-4-6-8-12;1-2-6-12-9-14(13(12)15)16-10-11-7-4-3-5-8-11/h2-8,13H,9-11H2,1H3;2-5,7-8,12H,1,6,9-10H2/b3-2+;/t13-;12-/m11/s1. The molecule has 6 heteroatoms. The molecule has 0 aliphatic carbocycles. The van der Waals surface area contributed by atoms with Gasteiger partial charge in [0.25, 0.3) is 11.8 Å². The first-order valence-corrected chi connectivity index (χ1v) is 11.3. The summed E-state index contributed by atoms with van der Waals surface area (Å²) in [5, 5.41) is 2.89. The van der Waals surface area contributed by atoms with E-state index in [9.17, 15) is 9.59 Å². The molecule has 2 aromatic rings. The van der Waals surface area contributed by atoms with Gasteiger partial charge in [-0.25, -0.2) is 10.1 Å². The van der Waals surface area contributed by atoms with Gasteiger partial charge in [0.1, 0.15) is 13.2 Å². The second-order valence-electron chi connectivity index (χ2n) is 8.04. The van der Waals surface area contributed by atoms with Crippen molar-refractivity contribution in [1.82, 2.24) is 10.1 Å². The molecule has 0 spiro atoms. The normalized spacial score (nSPS) is 19.5. The Morgan fingerprint density at radius 3 is 1.67 bits per heavy atom. The summed E-state index contributed by atoms with van der Waals surface area (Å²) in [6, 6.07) is 19.7. The van der Waals surface area contributed by atoms with Crippen molar-refractivity contribution in [2.75, 3.05) is 13.1 Å². The Morgan fingerprint density at radius 2 is 1.27 bits per heavy atom. The Kier molecular flexibility index (Phi) is 9.42. The molecule has 0 radical (unpaired) electrons. The summed E-state index contributed by atoms with van der Waals surface area (Å²) in [6.07, 6.45) is 7.33. The van der Waals surface area contributed by atoms with E-state index >= 15 is 0 Å². The molecule has 2 amide bonds. The molecular formula is C27H32N2O4. The maximum Gasteiger partial charge on any atom is 0.251 e. The molecule has 0 aromatic heterocycles. The summed E-state index contributed by atoms with van der Waals surface area (Å²) in [7, 11) is 0. The molecule has 33 heavy (non-hydrogen) atoms. The van der Waals surface area contributed by atoms with Crippen LogP contribution in [-0.2, 0) is 32.5 Å². The van der Waals surface area contributed by atoms with Crippen molar-refractivity contribution in [3.8, 4) is 0 Å². The molecule has 0 bridgehead atoms. The highest BCUT2D eigenvalue weighted by atomic mass is 16.7. The van der Waals surface area contributed by atoms with Gasteiger partial charge >= 0.3 is 0 Å². The number of amides is 2. The molecule has 174 valence electrons. The van der Waals surface area contributed by atoms with Crippen LogP contribution in [0.5, 0.6) is 0 Å². The summed E-state index contributed by atoms with van der Waals surface area (Å²) in [4.78, 5) is 34.0. The third-order valence-corrected chi connectivity index (χ3v) is 5.53. The van der Waals surface area contributed by atoms with Crippen LogP contribution >= 0.6 is 0 Å². The van der Waals surface area contributed by atoms with E-state index in [1.54, 1.807) is 6.08 Å². The minimum Gasteiger partial charge on any atom is -0.272 e. The minimum absolute atomic E-state index is 0.0656. The van der Waals surface area contributed by atoms with Gasteiger partial charge in [-0.3, -0.25) is 19.3 Å². The third-order valence-electron chi connectivity index (χ3n) is 5.53. The van der Waals surface area contributed by atoms with Crippen LogP contribution < -0.4 is 0 Å². The van der Waals surface area contributed by atoms with Crippen LogP contribution in [-0.4, -0.2) is 35.0 Å². The van der Waals surface area contributed by atoms with E-state index in [2.05, 4.69) is 6.58 Å². The highest BCUT2D eigenvalue weighted by molar-refractivity contribution is 5.84. The zero-order chi connectivity index (χ0) is 23.5. The second kappa shape index (κ2) is 12.7. The first kappa shape index (κ1) is 24.4. The number of rotatable bonds is 10. The van der Waals surface area contributed by atoms with E-state index in [0.29, 0.717) is 26.3 Å². The maximum absolute atomic E-state index is 11.7. The number of carbonyl (C=O) groups excluding carboxylic acids is 2. The Hall–Kier alpha value is -3.22. The number of benzene rings is 2. The molecule has 2 aliphatic rings. The molecule has 2 saturated heterocycles. The first-order valence-electron chi connectivity index (χ1n) is 11.3. The quantitative estimate of drug-likeness (QED) is 0.391. The molecule has 2 aromatic carbocycles. The number of hydrogen-bond acceptors (Lipinski definition) is 4. The molecule has 2 atom stereocenters. The van der Waals surface area contributed by atoms with Gasteiger partial charge in [0.2, 0.25) is 0 Å². The van der Waals surface area contributed by atoms with Crippen LogP contribution in [0.4, 0.5) is 0 Å². The Balaban J connectivity index is 0.000000186. The van der Waals surface area contributed by atoms with Crippen molar-refractivity contribution in [2.24, 2.45) is 11.8 Å². The van der Waals surface area contributed by atoms with E-state index in [-0.39, 0.29) is 23.7 Å². The number of β-lactam (4-membered cyclic amide) rings is 2. The van der Waals surface area contributed by atoms with Gasteiger partial charge in [0, 0.05) is 0 Å². The average Bonchev–Trinajstić information content (AvgIpc) is 2.86. The van der Waals surface area contributed by atoms with Crippen molar-refractivity contribution >= 4 is 11.8 Å². The minimum atomic E-state index is 0.0656. The van der Waals surface area contributed by atoms with Crippen LogP contribution in [0.1, 0.15) is 30.9 Å². The van der Waals surface area contributed by atoms with Gasteiger partial charge in [-0.2, -0.15) is 0 Å². The molecule has 2 heterocycles.